The summed E-state index contributed by atoms with van der Waals surface area (Å²) >= 11 is 0. The molecule has 0 unspecified atom stereocenters. The van der Waals surface area contributed by atoms with Gasteiger partial charge in [-0.05, 0) is 63.2 Å². The number of para-hydroxylation sites is 1. The number of benzene rings is 2. The molecule has 5 heteroatoms. The van der Waals surface area contributed by atoms with Gasteiger partial charge in [-0.3, -0.25) is 9.69 Å². The molecular formula is C21H23N3O2. The molecule has 0 aliphatic carbocycles. The van der Waals surface area contributed by atoms with E-state index >= 15 is 0 Å². The van der Waals surface area contributed by atoms with Crippen LogP contribution >= 0.6 is 0 Å². The number of likely N-dealkylation sites (tertiary alicyclic amines) is 1. The Kier molecular flexibility index (Phi) is 4.71. The zero-order valence-electron chi connectivity index (χ0n) is 15.0. The lowest BCUT2D eigenvalue weighted by molar-refractivity contribution is 0.305. The van der Waals surface area contributed by atoms with E-state index in [1.165, 1.54) is 12.8 Å². The van der Waals surface area contributed by atoms with Gasteiger partial charge in [-0.1, -0.05) is 12.1 Å². The number of nitrogens with zero attached hydrogens (tertiary/aromatic N) is 2. The minimum absolute atomic E-state index is 0.111. The van der Waals surface area contributed by atoms with Crippen LogP contribution in [0.1, 0.15) is 25.3 Å². The quantitative estimate of drug-likeness (QED) is 0.765. The summed E-state index contributed by atoms with van der Waals surface area (Å²) in [6.07, 6.45) is 2.51. The molecule has 2 aromatic carbocycles. The van der Waals surface area contributed by atoms with Crippen LogP contribution in [0.15, 0.2) is 47.3 Å². The van der Waals surface area contributed by atoms with Gasteiger partial charge < -0.3 is 9.72 Å². The number of fused-ring (bicyclic) bond motifs is 1. The molecule has 1 aliphatic rings. The standard InChI is InChI=1S/C21H23N3O2/c1-2-26-19-10-9-15(13-16(19)14-24-11-5-6-12-24)20-22-18-8-4-3-7-17(18)21(25)23-20/h3-4,7-10,13H,2,5-6,11-12,14H2,1H3,(H,22,23,25). The van der Waals surface area contributed by atoms with E-state index in [0.29, 0.717) is 23.3 Å². The van der Waals surface area contributed by atoms with E-state index in [2.05, 4.69) is 20.9 Å². The van der Waals surface area contributed by atoms with Gasteiger partial charge in [0.25, 0.3) is 5.56 Å². The van der Waals surface area contributed by atoms with Crippen LogP contribution in [-0.2, 0) is 6.54 Å². The Hall–Kier alpha value is -2.66. The second kappa shape index (κ2) is 7.30. The second-order valence-electron chi connectivity index (χ2n) is 6.67. The third-order valence-corrected chi connectivity index (χ3v) is 4.84. The third-order valence-electron chi connectivity index (χ3n) is 4.84. The molecule has 0 bridgehead atoms. The van der Waals surface area contributed by atoms with E-state index in [9.17, 15) is 4.79 Å². The average Bonchev–Trinajstić information content (AvgIpc) is 3.16. The van der Waals surface area contributed by atoms with Crippen molar-refractivity contribution in [2.75, 3.05) is 19.7 Å². The summed E-state index contributed by atoms with van der Waals surface area (Å²) in [7, 11) is 0. The predicted molar refractivity (Wildman–Crippen MR) is 103 cm³/mol. The molecule has 1 N–H and O–H groups in total. The van der Waals surface area contributed by atoms with Gasteiger partial charge in [-0.15, -0.1) is 0 Å². The van der Waals surface area contributed by atoms with Gasteiger partial charge in [0.1, 0.15) is 11.6 Å². The molecule has 4 rings (SSSR count). The molecule has 1 saturated heterocycles. The number of rotatable bonds is 5. The van der Waals surface area contributed by atoms with Crippen LogP contribution in [0.3, 0.4) is 0 Å². The highest BCUT2D eigenvalue weighted by Gasteiger charge is 2.16. The maximum absolute atomic E-state index is 12.4. The minimum atomic E-state index is -0.111. The summed E-state index contributed by atoms with van der Waals surface area (Å²) in [6, 6.07) is 13.5. The maximum atomic E-state index is 12.4. The van der Waals surface area contributed by atoms with E-state index in [4.69, 9.17) is 4.74 Å². The van der Waals surface area contributed by atoms with Crippen LogP contribution in [0.25, 0.3) is 22.3 Å². The van der Waals surface area contributed by atoms with Crippen LogP contribution in [-0.4, -0.2) is 34.6 Å². The first kappa shape index (κ1) is 16.8. The number of ether oxygens (including phenoxy) is 1. The van der Waals surface area contributed by atoms with Gasteiger partial charge in [0.15, 0.2) is 0 Å². The zero-order valence-corrected chi connectivity index (χ0v) is 15.0. The Bertz CT molecular complexity index is 974. The molecule has 3 aromatic rings. The van der Waals surface area contributed by atoms with Gasteiger partial charge in [-0.25, -0.2) is 4.98 Å². The molecule has 0 amide bonds. The fraction of sp³-hybridized carbons (Fsp3) is 0.333. The van der Waals surface area contributed by atoms with Crippen LogP contribution in [0.5, 0.6) is 5.75 Å². The van der Waals surface area contributed by atoms with Crippen molar-refractivity contribution in [3.8, 4) is 17.1 Å². The summed E-state index contributed by atoms with van der Waals surface area (Å²) in [5.41, 5.74) is 2.65. The van der Waals surface area contributed by atoms with Crippen LogP contribution < -0.4 is 10.3 Å². The molecule has 0 saturated carbocycles. The molecule has 0 spiro atoms. The van der Waals surface area contributed by atoms with Crippen LogP contribution in [0, 0.1) is 0 Å². The number of aromatic nitrogens is 2. The van der Waals surface area contributed by atoms with E-state index in [0.717, 1.165) is 36.5 Å². The van der Waals surface area contributed by atoms with Crippen molar-refractivity contribution in [3.05, 3.63) is 58.4 Å². The lowest BCUT2D eigenvalue weighted by Crippen LogP contribution is -2.19. The van der Waals surface area contributed by atoms with Gasteiger partial charge in [0.2, 0.25) is 0 Å². The smallest absolute Gasteiger partial charge is 0.259 e. The normalized spacial score (nSPS) is 14.8. The molecular weight excluding hydrogens is 326 g/mol. The van der Waals surface area contributed by atoms with Crippen LogP contribution in [0.4, 0.5) is 0 Å². The third kappa shape index (κ3) is 3.35. The van der Waals surface area contributed by atoms with Crippen molar-refractivity contribution >= 4 is 10.9 Å². The van der Waals surface area contributed by atoms with Gasteiger partial charge in [-0.2, -0.15) is 0 Å². The molecule has 0 atom stereocenters. The fourth-order valence-corrected chi connectivity index (χ4v) is 3.55. The molecule has 2 heterocycles. The summed E-state index contributed by atoms with van der Waals surface area (Å²) < 4.78 is 5.81. The lowest BCUT2D eigenvalue weighted by atomic mass is 10.1. The number of nitrogens with one attached hydrogen (secondary N) is 1. The largest absolute Gasteiger partial charge is 0.494 e. The summed E-state index contributed by atoms with van der Waals surface area (Å²) in [6.45, 7) is 5.75. The first-order chi connectivity index (χ1) is 12.7. The van der Waals surface area contributed by atoms with E-state index in [1.807, 2.05) is 37.3 Å². The number of aromatic amines is 1. The second-order valence-corrected chi connectivity index (χ2v) is 6.67. The fourth-order valence-electron chi connectivity index (χ4n) is 3.55. The highest BCUT2D eigenvalue weighted by molar-refractivity contribution is 5.79. The first-order valence-electron chi connectivity index (χ1n) is 9.22. The van der Waals surface area contributed by atoms with Crippen molar-refractivity contribution in [3.63, 3.8) is 0 Å². The van der Waals surface area contributed by atoms with Crippen LogP contribution in [0.2, 0.25) is 0 Å². The van der Waals surface area contributed by atoms with E-state index in [1.54, 1.807) is 6.07 Å². The van der Waals surface area contributed by atoms with Crippen molar-refractivity contribution in [2.45, 2.75) is 26.3 Å². The molecule has 26 heavy (non-hydrogen) atoms. The molecule has 1 aromatic heterocycles. The summed E-state index contributed by atoms with van der Waals surface area (Å²) in [5, 5.41) is 0.611. The Morgan fingerprint density at radius 3 is 2.77 bits per heavy atom. The Morgan fingerprint density at radius 1 is 1.15 bits per heavy atom. The van der Waals surface area contributed by atoms with E-state index in [-0.39, 0.29) is 5.56 Å². The number of hydrogen-bond donors (Lipinski definition) is 1. The maximum Gasteiger partial charge on any atom is 0.259 e. The lowest BCUT2D eigenvalue weighted by Gasteiger charge is -2.18. The van der Waals surface area contributed by atoms with Gasteiger partial charge in [0, 0.05) is 17.7 Å². The highest BCUT2D eigenvalue weighted by Crippen LogP contribution is 2.27. The molecule has 1 fully saturated rings. The highest BCUT2D eigenvalue weighted by atomic mass is 16.5. The number of H-pyrrole nitrogens is 1. The van der Waals surface area contributed by atoms with E-state index < -0.39 is 0 Å². The molecule has 1 aliphatic heterocycles. The number of hydrogen-bond acceptors (Lipinski definition) is 4. The zero-order chi connectivity index (χ0) is 17.9. The van der Waals surface area contributed by atoms with Crippen molar-refractivity contribution in [2.24, 2.45) is 0 Å². The van der Waals surface area contributed by atoms with Gasteiger partial charge >= 0.3 is 0 Å². The molecule has 5 nitrogen and oxygen atoms in total. The molecule has 134 valence electrons. The monoisotopic (exact) mass is 349 g/mol. The molecule has 0 radical (unpaired) electrons. The van der Waals surface area contributed by atoms with Crippen molar-refractivity contribution in [1.29, 1.82) is 0 Å². The Morgan fingerprint density at radius 2 is 1.96 bits per heavy atom. The predicted octanol–water partition coefficient (Wildman–Crippen LogP) is 3.58. The van der Waals surface area contributed by atoms with Gasteiger partial charge in [0.05, 0.1) is 17.5 Å². The summed E-state index contributed by atoms with van der Waals surface area (Å²) in [4.78, 5) is 22.4. The Balaban J connectivity index is 1.75. The minimum Gasteiger partial charge on any atom is -0.494 e. The van der Waals surface area contributed by atoms with Crippen molar-refractivity contribution in [1.82, 2.24) is 14.9 Å². The first-order valence-corrected chi connectivity index (χ1v) is 9.22. The van der Waals surface area contributed by atoms with Crippen molar-refractivity contribution < 1.29 is 4.74 Å². The summed E-state index contributed by atoms with van der Waals surface area (Å²) in [5.74, 6) is 1.51. The average molecular weight is 349 g/mol. The Labute approximate surface area is 152 Å². The SMILES string of the molecule is CCOc1ccc(-c2nc3ccccc3c(=O)[nH]2)cc1CN1CCCC1. The topological polar surface area (TPSA) is 58.2 Å².